The highest BCUT2D eigenvalue weighted by molar-refractivity contribution is 5.87. The molecule has 0 aromatic heterocycles. The minimum absolute atomic E-state index is 0.171. The topological polar surface area (TPSA) is 66.8 Å². The van der Waals surface area contributed by atoms with Crippen molar-refractivity contribution < 1.29 is 19.4 Å². The number of aliphatic carboxylic acids is 1. The van der Waals surface area contributed by atoms with Crippen molar-refractivity contribution in [2.24, 2.45) is 0 Å². The van der Waals surface area contributed by atoms with Gasteiger partial charge < -0.3 is 14.7 Å². The summed E-state index contributed by atoms with van der Waals surface area (Å²) >= 11 is 0. The van der Waals surface area contributed by atoms with Crippen molar-refractivity contribution in [3.8, 4) is 5.75 Å². The second-order valence-electron chi connectivity index (χ2n) is 5.06. The van der Waals surface area contributed by atoms with Gasteiger partial charge in [-0.3, -0.25) is 4.79 Å². The summed E-state index contributed by atoms with van der Waals surface area (Å²) in [6.07, 6.45) is 0. The highest BCUT2D eigenvalue weighted by atomic mass is 16.5. The van der Waals surface area contributed by atoms with E-state index in [0.29, 0.717) is 12.3 Å². The van der Waals surface area contributed by atoms with Gasteiger partial charge in [0.25, 0.3) is 5.91 Å². The molecule has 0 bridgehead atoms. The molecule has 0 heterocycles. The second-order valence-corrected chi connectivity index (χ2v) is 5.06. The van der Waals surface area contributed by atoms with Gasteiger partial charge in [0, 0.05) is 6.54 Å². The lowest BCUT2D eigenvalue weighted by atomic mass is 10.0. The van der Waals surface area contributed by atoms with E-state index in [1.165, 1.54) is 18.7 Å². The number of benzene rings is 1. The maximum absolute atomic E-state index is 12.1. The number of carboxylic acids is 1. The Bertz CT molecular complexity index is 496. The molecule has 1 N–H and O–H groups in total. The largest absolute Gasteiger partial charge is 0.484 e. The minimum atomic E-state index is -1.25. The molecule has 110 valence electrons. The molecular formula is C15H21NO4. The first-order valence-corrected chi connectivity index (χ1v) is 6.53. The number of ether oxygens (including phenoxy) is 1. The van der Waals surface area contributed by atoms with E-state index in [2.05, 4.69) is 0 Å². The number of likely N-dealkylation sites (N-methyl/N-ethyl adjacent to an activating group) is 1. The Labute approximate surface area is 119 Å². The van der Waals surface area contributed by atoms with Crippen LogP contribution in [-0.2, 0) is 9.59 Å². The summed E-state index contributed by atoms with van der Waals surface area (Å²) in [4.78, 5) is 24.7. The van der Waals surface area contributed by atoms with Gasteiger partial charge in [0.15, 0.2) is 6.61 Å². The number of para-hydroxylation sites is 1. The Kier molecular flexibility index (Phi) is 5.13. The zero-order chi connectivity index (χ0) is 15.3. The van der Waals surface area contributed by atoms with Gasteiger partial charge >= 0.3 is 5.97 Å². The molecule has 0 fully saturated rings. The molecule has 0 aliphatic rings. The van der Waals surface area contributed by atoms with E-state index in [9.17, 15) is 14.7 Å². The number of carbonyl (C=O) groups is 2. The van der Waals surface area contributed by atoms with Crippen LogP contribution in [-0.4, -0.2) is 40.6 Å². The number of nitrogens with zero attached hydrogens (tertiary/aromatic N) is 1. The monoisotopic (exact) mass is 279 g/mol. The van der Waals surface area contributed by atoms with E-state index in [1.54, 1.807) is 13.0 Å². The third-order valence-electron chi connectivity index (χ3n) is 3.26. The SMILES string of the molecule is CCN(C(=O)COc1ccccc1C)C(C)(C)C(=O)O. The summed E-state index contributed by atoms with van der Waals surface area (Å²) < 4.78 is 5.47. The first-order chi connectivity index (χ1) is 9.30. The predicted octanol–water partition coefficient (Wildman–Crippen LogP) is 2.09. The predicted molar refractivity (Wildman–Crippen MR) is 75.8 cm³/mol. The fraction of sp³-hybridized carbons (Fsp3) is 0.467. The summed E-state index contributed by atoms with van der Waals surface area (Å²) in [5.74, 6) is -0.753. The summed E-state index contributed by atoms with van der Waals surface area (Å²) in [5, 5.41) is 9.19. The Morgan fingerprint density at radius 3 is 2.40 bits per heavy atom. The number of carboxylic acid groups (broad SMARTS) is 1. The molecule has 0 atom stereocenters. The van der Waals surface area contributed by atoms with Crippen molar-refractivity contribution >= 4 is 11.9 Å². The molecule has 5 heteroatoms. The zero-order valence-electron chi connectivity index (χ0n) is 12.3. The number of aryl methyl sites for hydroxylation is 1. The maximum atomic E-state index is 12.1. The molecule has 0 aliphatic heterocycles. The molecule has 0 unspecified atom stereocenters. The van der Waals surface area contributed by atoms with Gasteiger partial charge in [-0.15, -0.1) is 0 Å². The maximum Gasteiger partial charge on any atom is 0.329 e. The lowest BCUT2D eigenvalue weighted by Gasteiger charge is -2.34. The van der Waals surface area contributed by atoms with E-state index >= 15 is 0 Å². The van der Waals surface area contributed by atoms with Crippen molar-refractivity contribution in [2.45, 2.75) is 33.2 Å². The Balaban J connectivity index is 2.75. The van der Waals surface area contributed by atoms with Crippen LogP contribution in [0.15, 0.2) is 24.3 Å². The molecule has 1 rings (SSSR count). The number of rotatable bonds is 6. The molecule has 0 saturated carbocycles. The van der Waals surface area contributed by atoms with Crippen LogP contribution in [0.1, 0.15) is 26.3 Å². The van der Waals surface area contributed by atoms with Crippen LogP contribution in [0.2, 0.25) is 0 Å². The molecule has 5 nitrogen and oxygen atoms in total. The standard InChI is InChI=1S/C15H21NO4/c1-5-16(15(3,4)14(18)19)13(17)10-20-12-9-7-6-8-11(12)2/h6-9H,5,10H2,1-4H3,(H,18,19). The van der Waals surface area contributed by atoms with E-state index in [0.717, 1.165) is 5.56 Å². The molecule has 1 aromatic carbocycles. The number of amides is 1. The van der Waals surface area contributed by atoms with Gasteiger partial charge in [0.05, 0.1) is 0 Å². The quantitative estimate of drug-likeness (QED) is 0.865. The summed E-state index contributed by atoms with van der Waals surface area (Å²) in [7, 11) is 0. The average molecular weight is 279 g/mol. The van der Waals surface area contributed by atoms with E-state index in [1.807, 2.05) is 25.1 Å². The van der Waals surface area contributed by atoms with Crippen molar-refractivity contribution in [3.63, 3.8) is 0 Å². The van der Waals surface area contributed by atoms with Gasteiger partial charge in [0.1, 0.15) is 11.3 Å². The molecule has 0 aliphatic carbocycles. The van der Waals surface area contributed by atoms with Gasteiger partial charge in [-0.25, -0.2) is 4.79 Å². The number of carbonyl (C=O) groups excluding carboxylic acids is 1. The van der Waals surface area contributed by atoms with Crippen LogP contribution in [0.25, 0.3) is 0 Å². The molecule has 0 saturated heterocycles. The smallest absolute Gasteiger partial charge is 0.329 e. The van der Waals surface area contributed by atoms with Crippen LogP contribution in [0, 0.1) is 6.92 Å². The minimum Gasteiger partial charge on any atom is -0.484 e. The molecule has 1 amide bonds. The van der Waals surface area contributed by atoms with Gasteiger partial charge in [-0.2, -0.15) is 0 Å². The van der Waals surface area contributed by atoms with Crippen LogP contribution in [0.5, 0.6) is 5.75 Å². The molecule has 1 aromatic rings. The van der Waals surface area contributed by atoms with Gasteiger partial charge in [-0.05, 0) is 39.3 Å². The number of hydrogen-bond donors (Lipinski definition) is 1. The zero-order valence-corrected chi connectivity index (χ0v) is 12.3. The van der Waals surface area contributed by atoms with Crippen molar-refractivity contribution in [1.29, 1.82) is 0 Å². The molecule has 20 heavy (non-hydrogen) atoms. The lowest BCUT2D eigenvalue weighted by molar-refractivity contribution is -0.157. The first kappa shape index (κ1) is 16.0. The molecular weight excluding hydrogens is 258 g/mol. The fourth-order valence-electron chi connectivity index (χ4n) is 1.93. The molecule has 0 spiro atoms. The van der Waals surface area contributed by atoms with Crippen LogP contribution >= 0.6 is 0 Å². The van der Waals surface area contributed by atoms with Crippen LogP contribution in [0.4, 0.5) is 0 Å². The van der Waals surface area contributed by atoms with E-state index < -0.39 is 11.5 Å². The average Bonchev–Trinajstić information content (AvgIpc) is 2.38. The molecule has 0 radical (unpaired) electrons. The van der Waals surface area contributed by atoms with Gasteiger partial charge in [-0.1, -0.05) is 18.2 Å². The lowest BCUT2D eigenvalue weighted by Crippen LogP contribution is -2.54. The third kappa shape index (κ3) is 3.50. The number of hydrogen-bond acceptors (Lipinski definition) is 3. The highest BCUT2D eigenvalue weighted by Crippen LogP contribution is 2.18. The van der Waals surface area contributed by atoms with Crippen LogP contribution < -0.4 is 4.74 Å². The van der Waals surface area contributed by atoms with Gasteiger partial charge in [0.2, 0.25) is 0 Å². The van der Waals surface area contributed by atoms with Crippen molar-refractivity contribution in [2.75, 3.05) is 13.2 Å². The van der Waals surface area contributed by atoms with E-state index in [-0.39, 0.29) is 12.5 Å². The van der Waals surface area contributed by atoms with Crippen molar-refractivity contribution in [3.05, 3.63) is 29.8 Å². The highest BCUT2D eigenvalue weighted by Gasteiger charge is 2.36. The van der Waals surface area contributed by atoms with Crippen molar-refractivity contribution in [1.82, 2.24) is 4.90 Å². The van der Waals surface area contributed by atoms with Crippen LogP contribution in [0.3, 0.4) is 0 Å². The Morgan fingerprint density at radius 1 is 1.30 bits per heavy atom. The summed E-state index contributed by atoms with van der Waals surface area (Å²) in [6.45, 7) is 6.79. The third-order valence-corrected chi connectivity index (χ3v) is 3.26. The van der Waals surface area contributed by atoms with E-state index in [4.69, 9.17) is 4.74 Å². The normalized spacial score (nSPS) is 11.0. The first-order valence-electron chi connectivity index (χ1n) is 6.53. The summed E-state index contributed by atoms with van der Waals surface area (Å²) in [6, 6.07) is 7.38. The Morgan fingerprint density at radius 2 is 1.90 bits per heavy atom. The Hall–Kier alpha value is -2.04. The summed E-state index contributed by atoms with van der Waals surface area (Å²) in [5.41, 5.74) is -0.318. The second kappa shape index (κ2) is 6.41. The fourth-order valence-corrected chi connectivity index (χ4v) is 1.93.